The molecule has 140 valence electrons. The minimum Gasteiger partial charge on any atom is -0.493 e. The Kier molecular flexibility index (Phi) is 6.14. The molecule has 2 rings (SSSR count). The number of aryl methyl sites for hydroxylation is 2. The number of ketones is 1. The van der Waals surface area contributed by atoms with Crippen LogP contribution < -0.4 is 19.5 Å². The predicted molar refractivity (Wildman–Crippen MR) is 104 cm³/mol. The van der Waals surface area contributed by atoms with Crippen LogP contribution in [0.2, 0.25) is 0 Å². The van der Waals surface area contributed by atoms with Crippen LogP contribution >= 0.6 is 0 Å². The fourth-order valence-corrected chi connectivity index (χ4v) is 3.41. The summed E-state index contributed by atoms with van der Waals surface area (Å²) in [6.07, 6.45) is 0. The van der Waals surface area contributed by atoms with Crippen LogP contribution in [0, 0.1) is 20.8 Å². The SMILES string of the molecule is COc1cc(NCc2c(C)cc(C)c(C(C)=O)c2C)cc(OC)c1OC. The van der Waals surface area contributed by atoms with Gasteiger partial charge in [0.25, 0.3) is 0 Å². The molecular weight excluding hydrogens is 330 g/mol. The number of carbonyl (C=O) groups excluding carboxylic acids is 1. The molecule has 2 aromatic carbocycles. The molecule has 0 aliphatic heterocycles. The summed E-state index contributed by atoms with van der Waals surface area (Å²) in [5.41, 5.74) is 5.97. The lowest BCUT2D eigenvalue weighted by atomic mass is 9.91. The van der Waals surface area contributed by atoms with Gasteiger partial charge in [-0.2, -0.15) is 0 Å². The number of benzene rings is 2. The van der Waals surface area contributed by atoms with Gasteiger partial charge >= 0.3 is 0 Å². The summed E-state index contributed by atoms with van der Waals surface area (Å²) >= 11 is 0. The van der Waals surface area contributed by atoms with Crippen molar-refractivity contribution in [3.05, 3.63) is 46.0 Å². The average molecular weight is 357 g/mol. The molecule has 0 amide bonds. The summed E-state index contributed by atoms with van der Waals surface area (Å²) in [6.45, 7) is 8.25. The molecule has 1 N–H and O–H groups in total. The molecule has 0 radical (unpaired) electrons. The van der Waals surface area contributed by atoms with Crippen molar-refractivity contribution >= 4 is 11.5 Å². The zero-order chi connectivity index (χ0) is 19.4. The Morgan fingerprint density at radius 2 is 1.50 bits per heavy atom. The molecule has 0 unspecified atom stereocenters. The van der Waals surface area contributed by atoms with Crippen molar-refractivity contribution < 1.29 is 19.0 Å². The summed E-state index contributed by atoms with van der Waals surface area (Å²) in [6, 6.07) is 5.80. The Morgan fingerprint density at radius 3 is 1.96 bits per heavy atom. The van der Waals surface area contributed by atoms with E-state index in [1.165, 1.54) is 0 Å². The molecule has 0 spiro atoms. The van der Waals surface area contributed by atoms with Crippen molar-refractivity contribution in [3.8, 4) is 17.2 Å². The first-order chi connectivity index (χ1) is 12.3. The first-order valence-electron chi connectivity index (χ1n) is 8.48. The van der Waals surface area contributed by atoms with E-state index < -0.39 is 0 Å². The van der Waals surface area contributed by atoms with E-state index in [4.69, 9.17) is 14.2 Å². The molecule has 0 heterocycles. The third kappa shape index (κ3) is 3.77. The van der Waals surface area contributed by atoms with Crippen LogP contribution in [-0.4, -0.2) is 27.1 Å². The van der Waals surface area contributed by atoms with Crippen molar-refractivity contribution in [2.45, 2.75) is 34.2 Å². The van der Waals surface area contributed by atoms with Crippen molar-refractivity contribution in [2.24, 2.45) is 0 Å². The summed E-state index contributed by atoms with van der Waals surface area (Å²) in [4.78, 5) is 12.0. The van der Waals surface area contributed by atoms with Gasteiger partial charge in [-0.1, -0.05) is 6.07 Å². The molecule has 0 aliphatic rings. The summed E-state index contributed by atoms with van der Waals surface area (Å²) in [7, 11) is 4.76. The van der Waals surface area contributed by atoms with Crippen LogP contribution in [0.1, 0.15) is 39.5 Å². The number of ether oxygens (including phenoxy) is 3. The van der Waals surface area contributed by atoms with Crippen LogP contribution in [0.3, 0.4) is 0 Å². The second-order valence-corrected chi connectivity index (χ2v) is 6.31. The molecule has 5 nitrogen and oxygen atoms in total. The van der Waals surface area contributed by atoms with E-state index in [9.17, 15) is 4.79 Å². The summed E-state index contributed by atoms with van der Waals surface area (Å²) in [5.74, 6) is 1.84. The number of hydrogen-bond donors (Lipinski definition) is 1. The lowest BCUT2D eigenvalue weighted by Crippen LogP contribution is -2.10. The highest BCUT2D eigenvalue weighted by Crippen LogP contribution is 2.40. The van der Waals surface area contributed by atoms with Gasteiger partial charge in [0.2, 0.25) is 5.75 Å². The van der Waals surface area contributed by atoms with E-state index in [2.05, 4.69) is 18.3 Å². The minimum absolute atomic E-state index is 0.0917. The largest absolute Gasteiger partial charge is 0.493 e. The number of methoxy groups -OCH3 is 3. The smallest absolute Gasteiger partial charge is 0.203 e. The highest BCUT2D eigenvalue weighted by Gasteiger charge is 2.16. The van der Waals surface area contributed by atoms with Gasteiger partial charge in [-0.05, 0) is 49.9 Å². The first kappa shape index (κ1) is 19.6. The average Bonchev–Trinajstić information content (AvgIpc) is 2.59. The Balaban J connectivity index is 2.38. The van der Waals surface area contributed by atoms with Crippen LogP contribution in [-0.2, 0) is 6.54 Å². The van der Waals surface area contributed by atoms with Crippen molar-refractivity contribution in [3.63, 3.8) is 0 Å². The number of Topliss-reactive ketones (excluding diaryl/α,β-unsaturated/α-hetero) is 1. The van der Waals surface area contributed by atoms with Crippen molar-refractivity contribution in [1.82, 2.24) is 0 Å². The topological polar surface area (TPSA) is 56.8 Å². The van der Waals surface area contributed by atoms with Crippen molar-refractivity contribution in [1.29, 1.82) is 0 Å². The first-order valence-corrected chi connectivity index (χ1v) is 8.48. The molecular formula is C21H27NO4. The number of rotatable bonds is 7. The number of anilines is 1. The summed E-state index contributed by atoms with van der Waals surface area (Å²) < 4.78 is 16.1. The van der Waals surface area contributed by atoms with Crippen molar-refractivity contribution in [2.75, 3.05) is 26.6 Å². The van der Waals surface area contributed by atoms with Crippen LogP contribution in [0.4, 0.5) is 5.69 Å². The molecule has 0 aliphatic carbocycles. The number of nitrogens with one attached hydrogen (secondary N) is 1. The van der Waals surface area contributed by atoms with Gasteiger partial charge < -0.3 is 19.5 Å². The van der Waals surface area contributed by atoms with Gasteiger partial charge in [-0.25, -0.2) is 0 Å². The Hall–Kier alpha value is -2.69. The summed E-state index contributed by atoms with van der Waals surface area (Å²) in [5, 5.41) is 3.40. The standard InChI is InChI=1S/C21H27NO4/c1-12-8-13(2)20(15(4)23)14(3)17(12)11-22-16-9-18(24-5)21(26-7)19(10-16)25-6/h8-10,22H,11H2,1-7H3. The minimum atomic E-state index is 0.0917. The zero-order valence-corrected chi connectivity index (χ0v) is 16.6. The van der Waals surface area contributed by atoms with E-state index in [0.717, 1.165) is 33.5 Å². The van der Waals surface area contributed by atoms with Crippen LogP contribution in [0.5, 0.6) is 17.2 Å². The quantitative estimate of drug-likeness (QED) is 0.742. The zero-order valence-electron chi connectivity index (χ0n) is 16.6. The third-order valence-electron chi connectivity index (χ3n) is 4.62. The fourth-order valence-electron chi connectivity index (χ4n) is 3.41. The Morgan fingerprint density at radius 1 is 0.923 bits per heavy atom. The van der Waals surface area contributed by atoms with Crippen LogP contribution in [0.25, 0.3) is 0 Å². The Bertz CT molecular complexity index is 802. The van der Waals surface area contributed by atoms with Gasteiger partial charge in [-0.15, -0.1) is 0 Å². The van der Waals surface area contributed by atoms with Gasteiger partial charge in [0, 0.05) is 29.9 Å². The number of carbonyl (C=O) groups is 1. The maximum absolute atomic E-state index is 12.0. The molecule has 0 atom stereocenters. The molecule has 0 bridgehead atoms. The molecule has 0 saturated carbocycles. The Labute approximate surface area is 155 Å². The van der Waals surface area contributed by atoms with Gasteiger partial charge in [-0.3, -0.25) is 4.79 Å². The molecule has 0 saturated heterocycles. The highest BCUT2D eigenvalue weighted by atomic mass is 16.5. The monoisotopic (exact) mass is 357 g/mol. The second kappa shape index (κ2) is 8.13. The molecule has 5 heteroatoms. The molecule has 0 aromatic heterocycles. The van der Waals surface area contributed by atoms with E-state index in [1.54, 1.807) is 28.3 Å². The number of hydrogen-bond acceptors (Lipinski definition) is 5. The van der Waals surface area contributed by atoms with E-state index in [1.807, 2.05) is 26.0 Å². The lowest BCUT2D eigenvalue weighted by molar-refractivity contribution is 0.101. The maximum Gasteiger partial charge on any atom is 0.203 e. The lowest BCUT2D eigenvalue weighted by Gasteiger charge is -2.18. The van der Waals surface area contributed by atoms with E-state index >= 15 is 0 Å². The predicted octanol–water partition coefficient (Wildman–Crippen LogP) is 4.45. The third-order valence-corrected chi connectivity index (χ3v) is 4.62. The van der Waals surface area contributed by atoms with E-state index in [0.29, 0.717) is 23.8 Å². The molecule has 26 heavy (non-hydrogen) atoms. The van der Waals surface area contributed by atoms with Crippen LogP contribution in [0.15, 0.2) is 18.2 Å². The fraction of sp³-hybridized carbons (Fsp3) is 0.381. The normalized spacial score (nSPS) is 10.4. The van der Waals surface area contributed by atoms with E-state index in [-0.39, 0.29) is 5.78 Å². The highest BCUT2D eigenvalue weighted by molar-refractivity contribution is 5.97. The second-order valence-electron chi connectivity index (χ2n) is 6.31. The van der Waals surface area contributed by atoms with Gasteiger partial charge in [0.1, 0.15) is 0 Å². The van der Waals surface area contributed by atoms with Gasteiger partial charge in [0.05, 0.1) is 21.3 Å². The molecule has 2 aromatic rings. The van der Waals surface area contributed by atoms with Gasteiger partial charge in [0.15, 0.2) is 17.3 Å². The molecule has 0 fully saturated rings. The maximum atomic E-state index is 12.0.